The number of carboxylic acid groups (broad SMARTS) is 1. The fourth-order valence-electron chi connectivity index (χ4n) is 1.86. The minimum absolute atomic E-state index is 0.0626. The van der Waals surface area contributed by atoms with Gasteiger partial charge in [-0.2, -0.15) is 0 Å². The Bertz CT molecular complexity index is 460. The van der Waals surface area contributed by atoms with E-state index in [9.17, 15) is 13.6 Å². The van der Waals surface area contributed by atoms with Crippen LogP contribution in [-0.2, 0) is 10.7 Å². The van der Waals surface area contributed by atoms with Crippen LogP contribution in [0.2, 0.25) is 0 Å². The first kappa shape index (κ1) is 16.2. The zero-order chi connectivity index (χ0) is 15.2. The number of rotatable bonds is 8. The van der Waals surface area contributed by atoms with Gasteiger partial charge in [0, 0.05) is 18.9 Å². The average molecular weight is 288 g/mol. The fraction of sp³-hybridized carbons (Fsp3) is 0.500. The monoisotopic (exact) mass is 288 g/mol. The van der Waals surface area contributed by atoms with E-state index in [0.29, 0.717) is 5.75 Å². The SMILES string of the molecule is COc1ccc(C(F)(F)CCCCC(=O)O)c(OC)c1. The molecule has 0 spiro atoms. The fourth-order valence-corrected chi connectivity index (χ4v) is 1.86. The molecule has 0 saturated carbocycles. The number of alkyl halides is 2. The molecule has 1 rings (SSSR count). The Hall–Kier alpha value is -1.85. The number of benzene rings is 1. The molecule has 0 saturated heterocycles. The van der Waals surface area contributed by atoms with Crippen LogP contribution in [0.3, 0.4) is 0 Å². The van der Waals surface area contributed by atoms with Gasteiger partial charge in [0.15, 0.2) is 0 Å². The van der Waals surface area contributed by atoms with E-state index >= 15 is 0 Å². The van der Waals surface area contributed by atoms with Gasteiger partial charge in [-0.25, -0.2) is 8.78 Å². The van der Waals surface area contributed by atoms with Gasteiger partial charge in [0.05, 0.1) is 19.8 Å². The molecule has 6 heteroatoms. The summed E-state index contributed by atoms with van der Waals surface area (Å²) < 4.78 is 38.1. The van der Waals surface area contributed by atoms with Crippen LogP contribution in [-0.4, -0.2) is 25.3 Å². The van der Waals surface area contributed by atoms with Crippen molar-refractivity contribution >= 4 is 5.97 Å². The minimum Gasteiger partial charge on any atom is -0.497 e. The van der Waals surface area contributed by atoms with Gasteiger partial charge in [-0.3, -0.25) is 4.79 Å². The highest BCUT2D eigenvalue weighted by Gasteiger charge is 2.34. The van der Waals surface area contributed by atoms with Gasteiger partial charge < -0.3 is 14.6 Å². The second-order valence-corrected chi connectivity index (χ2v) is 4.37. The topological polar surface area (TPSA) is 55.8 Å². The lowest BCUT2D eigenvalue weighted by atomic mass is 10.0. The zero-order valence-corrected chi connectivity index (χ0v) is 11.5. The Morgan fingerprint density at radius 3 is 2.50 bits per heavy atom. The Kier molecular flexibility index (Phi) is 5.73. The number of hydrogen-bond donors (Lipinski definition) is 1. The highest BCUT2D eigenvalue weighted by Crippen LogP contribution is 2.40. The van der Waals surface area contributed by atoms with Crippen molar-refractivity contribution in [2.45, 2.75) is 31.6 Å². The molecule has 0 unspecified atom stereocenters. The van der Waals surface area contributed by atoms with Crippen molar-refractivity contribution in [1.29, 1.82) is 0 Å². The van der Waals surface area contributed by atoms with E-state index in [-0.39, 0.29) is 30.6 Å². The summed E-state index contributed by atoms with van der Waals surface area (Å²) in [5.74, 6) is -3.54. The first-order chi connectivity index (χ1) is 9.40. The van der Waals surface area contributed by atoms with Gasteiger partial charge in [0.2, 0.25) is 0 Å². The molecule has 0 atom stereocenters. The maximum absolute atomic E-state index is 14.1. The van der Waals surface area contributed by atoms with E-state index in [2.05, 4.69) is 0 Å². The van der Waals surface area contributed by atoms with Crippen LogP contribution < -0.4 is 9.47 Å². The van der Waals surface area contributed by atoms with Crippen LogP contribution in [0.5, 0.6) is 11.5 Å². The number of ether oxygens (including phenoxy) is 2. The Morgan fingerprint density at radius 2 is 1.95 bits per heavy atom. The van der Waals surface area contributed by atoms with E-state index in [1.165, 1.54) is 32.4 Å². The first-order valence-electron chi connectivity index (χ1n) is 6.23. The third-order valence-electron chi connectivity index (χ3n) is 2.93. The summed E-state index contributed by atoms with van der Waals surface area (Å²) in [5, 5.41) is 8.48. The molecule has 0 bridgehead atoms. The standard InChI is InChI=1S/C14H18F2O4/c1-19-10-6-7-11(12(9-10)20-2)14(15,16)8-4-3-5-13(17)18/h6-7,9H,3-5,8H2,1-2H3,(H,17,18). The largest absolute Gasteiger partial charge is 0.497 e. The van der Waals surface area contributed by atoms with E-state index < -0.39 is 18.3 Å². The normalized spacial score (nSPS) is 11.2. The van der Waals surface area contributed by atoms with Gasteiger partial charge >= 0.3 is 5.97 Å². The molecule has 1 aromatic carbocycles. The molecule has 0 radical (unpaired) electrons. The molecule has 0 aromatic heterocycles. The number of unbranched alkanes of at least 4 members (excludes halogenated alkanes) is 1. The maximum atomic E-state index is 14.1. The van der Waals surface area contributed by atoms with E-state index in [0.717, 1.165) is 0 Å². The van der Waals surface area contributed by atoms with Crippen LogP contribution in [0.4, 0.5) is 8.78 Å². The van der Waals surface area contributed by atoms with Gasteiger partial charge in [-0.05, 0) is 25.0 Å². The summed E-state index contributed by atoms with van der Waals surface area (Å²) in [6, 6.07) is 4.12. The van der Waals surface area contributed by atoms with Crippen LogP contribution in [0, 0.1) is 0 Å². The van der Waals surface area contributed by atoms with Gasteiger partial charge in [-0.15, -0.1) is 0 Å². The lowest BCUT2D eigenvalue weighted by molar-refractivity contribution is -0.137. The molecule has 0 aliphatic rings. The van der Waals surface area contributed by atoms with Crippen molar-refractivity contribution in [2.75, 3.05) is 14.2 Å². The number of hydrogen-bond acceptors (Lipinski definition) is 3. The van der Waals surface area contributed by atoms with Crippen LogP contribution in [0.25, 0.3) is 0 Å². The van der Waals surface area contributed by atoms with Crippen molar-refractivity contribution in [1.82, 2.24) is 0 Å². The van der Waals surface area contributed by atoms with E-state index in [1.807, 2.05) is 0 Å². The molecule has 20 heavy (non-hydrogen) atoms. The highest BCUT2D eigenvalue weighted by atomic mass is 19.3. The number of carbonyl (C=O) groups is 1. The molecule has 0 aliphatic heterocycles. The molecular formula is C14H18F2O4. The third kappa shape index (κ3) is 4.36. The maximum Gasteiger partial charge on any atom is 0.303 e. The molecule has 1 N–H and O–H groups in total. The van der Waals surface area contributed by atoms with Crippen LogP contribution in [0.1, 0.15) is 31.2 Å². The van der Waals surface area contributed by atoms with Crippen molar-refractivity contribution in [3.63, 3.8) is 0 Å². The summed E-state index contributed by atoms with van der Waals surface area (Å²) in [7, 11) is 2.76. The first-order valence-corrected chi connectivity index (χ1v) is 6.23. The Labute approximate surface area is 116 Å². The molecule has 0 aliphatic carbocycles. The number of carboxylic acids is 1. The van der Waals surface area contributed by atoms with E-state index in [1.54, 1.807) is 0 Å². The lowest BCUT2D eigenvalue weighted by Gasteiger charge is -2.19. The van der Waals surface area contributed by atoms with Gasteiger partial charge in [-0.1, -0.05) is 0 Å². The zero-order valence-electron chi connectivity index (χ0n) is 11.5. The lowest BCUT2D eigenvalue weighted by Crippen LogP contribution is -2.15. The third-order valence-corrected chi connectivity index (χ3v) is 2.93. The summed E-state index contributed by atoms with van der Waals surface area (Å²) in [4.78, 5) is 10.3. The minimum atomic E-state index is -3.06. The van der Waals surface area contributed by atoms with Gasteiger partial charge in [0.1, 0.15) is 11.5 Å². The predicted molar refractivity (Wildman–Crippen MR) is 69.5 cm³/mol. The van der Waals surface area contributed by atoms with Crippen LogP contribution in [0.15, 0.2) is 18.2 Å². The second-order valence-electron chi connectivity index (χ2n) is 4.37. The summed E-state index contributed by atoms with van der Waals surface area (Å²) in [5.41, 5.74) is -0.212. The second kappa shape index (κ2) is 7.07. The number of halogens is 2. The number of methoxy groups -OCH3 is 2. The summed E-state index contributed by atoms with van der Waals surface area (Å²) in [6.45, 7) is 0. The van der Waals surface area contributed by atoms with Crippen molar-refractivity contribution < 1.29 is 28.2 Å². The van der Waals surface area contributed by atoms with E-state index in [4.69, 9.17) is 14.6 Å². The van der Waals surface area contributed by atoms with Gasteiger partial charge in [0.25, 0.3) is 5.92 Å². The summed E-state index contributed by atoms with van der Waals surface area (Å²) >= 11 is 0. The molecule has 0 heterocycles. The quantitative estimate of drug-likeness (QED) is 0.744. The Balaban J connectivity index is 2.77. The summed E-state index contributed by atoms with van der Waals surface area (Å²) in [6.07, 6.45) is -0.156. The molecular weight excluding hydrogens is 270 g/mol. The smallest absolute Gasteiger partial charge is 0.303 e. The molecule has 1 aromatic rings. The molecule has 112 valence electrons. The van der Waals surface area contributed by atoms with Crippen molar-refractivity contribution in [2.24, 2.45) is 0 Å². The Morgan fingerprint density at radius 1 is 1.25 bits per heavy atom. The predicted octanol–water partition coefficient (Wildman–Crippen LogP) is 3.44. The average Bonchev–Trinajstić information content (AvgIpc) is 2.42. The molecule has 0 fully saturated rings. The van der Waals surface area contributed by atoms with Crippen molar-refractivity contribution in [3.05, 3.63) is 23.8 Å². The highest BCUT2D eigenvalue weighted by molar-refractivity contribution is 5.66. The molecule has 4 nitrogen and oxygen atoms in total. The number of aliphatic carboxylic acids is 1. The van der Waals surface area contributed by atoms with Crippen LogP contribution >= 0.6 is 0 Å². The van der Waals surface area contributed by atoms with Crippen molar-refractivity contribution in [3.8, 4) is 11.5 Å². The molecule has 0 amide bonds.